The SMILES string of the molecule is CC(C)COCCCNS(=O)(=O)c1ccc(S(=O)(=O)N2CCCC2)cc1. The standard InChI is InChI=1S/C17H28N2O5S2/c1-15(2)14-24-13-5-10-18-25(20,21)16-6-8-17(9-7-16)26(22,23)19-11-3-4-12-19/h6-9,15,18H,3-5,10-14H2,1-2H3. The molecule has 2 rings (SSSR count). The van der Waals surface area contributed by atoms with E-state index in [1.165, 1.54) is 28.6 Å². The summed E-state index contributed by atoms with van der Waals surface area (Å²) in [5.74, 6) is 0.446. The van der Waals surface area contributed by atoms with Crippen LogP contribution in [0.3, 0.4) is 0 Å². The van der Waals surface area contributed by atoms with E-state index in [2.05, 4.69) is 18.6 Å². The summed E-state index contributed by atoms with van der Waals surface area (Å²) in [6, 6.07) is 5.38. The predicted octanol–water partition coefficient (Wildman–Crippen LogP) is 1.81. The fraction of sp³-hybridized carbons (Fsp3) is 0.647. The molecule has 7 nitrogen and oxygen atoms in total. The second-order valence-electron chi connectivity index (χ2n) is 6.80. The van der Waals surface area contributed by atoms with Gasteiger partial charge in [0, 0.05) is 32.8 Å². The second-order valence-corrected chi connectivity index (χ2v) is 10.5. The minimum absolute atomic E-state index is 0.0565. The lowest BCUT2D eigenvalue weighted by atomic mass is 10.2. The van der Waals surface area contributed by atoms with Gasteiger partial charge in [-0.15, -0.1) is 0 Å². The number of rotatable bonds is 10. The molecule has 1 aliphatic rings. The summed E-state index contributed by atoms with van der Waals surface area (Å²) in [5.41, 5.74) is 0. The summed E-state index contributed by atoms with van der Waals surface area (Å²) in [6.45, 7) is 6.56. The van der Waals surface area contributed by atoms with Crippen LogP contribution >= 0.6 is 0 Å². The highest BCUT2D eigenvalue weighted by molar-refractivity contribution is 7.89. The van der Waals surface area contributed by atoms with Crippen molar-refractivity contribution in [2.24, 2.45) is 5.92 Å². The van der Waals surface area contributed by atoms with E-state index in [-0.39, 0.29) is 16.3 Å². The van der Waals surface area contributed by atoms with Gasteiger partial charge in [0.05, 0.1) is 9.79 Å². The Hall–Kier alpha value is -1.00. The lowest BCUT2D eigenvalue weighted by Crippen LogP contribution is -2.28. The molecular weight excluding hydrogens is 376 g/mol. The average Bonchev–Trinajstić information content (AvgIpc) is 3.13. The van der Waals surface area contributed by atoms with E-state index in [1.807, 2.05) is 0 Å². The Kier molecular flexibility index (Phi) is 7.60. The van der Waals surface area contributed by atoms with Crippen LogP contribution < -0.4 is 4.72 Å². The highest BCUT2D eigenvalue weighted by Crippen LogP contribution is 2.22. The molecule has 0 saturated carbocycles. The average molecular weight is 405 g/mol. The van der Waals surface area contributed by atoms with Crippen LogP contribution in [-0.4, -0.2) is 54.0 Å². The van der Waals surface area contributed by atoms with E-state index in [0.717, 1.165) is 12.8 Å². The molecule has 1 aliphatic heterocycles. The smallest absolute Gasteiger partial charge is 0.243 e. The van der Waals surface area contributed by atoms with E-state index in [1.54, 1.807) is 0 Å². The zero-order valence-corrected chi connectivity index (χ0v) is 17.0. The van der Waals surface area contributed by atoms with E-state index in [0.29, 0.717) is 38.6 Å². The van der Waals surface area contributed by atoms with Crippen LogP contribution in [0.25, 0.3) is 0 Å². The number of benzene rings is 1. The van der Waals surface area contributed by atoms with E-state index in [9.17, 15) is 16.8 Å². The van der Waals surface area contributed by atoms with Crippen molar-refractivity contribution in [3.63, 3.8) is 0 Å². The van der Waals surface area contributed by atoms with Crippen molar-refractivity contribution >= 4 is 20.0 Å². The molecule has 0 atom stereocenters. The third kappa shape index (κ3) is 5.75. The Labute approximate surface area is 156 Å². The topological polar surface area (TPSA) is 92.8 Å². The predicted molar refractivity (Wildman–Crippen MR) is 99.9 cm³/mol. The van der Waals surface area contributed by atoms with Crippen molar-refractivity contribution < 1.29 is 21.6 Å². The summed E-state index contributed by atoms with van der Waals surface area (Å²) in [5, 5.41) is 0. The fourth-order valence-corrected chi connectivity index (χ4v) is 5.24. The van der Waals surface area contributed by atoms with Crippen molar-refractivity contribution in [3.05, 3.63) is 24.3 Å². The first kappa shape index (κ1) is 21.3. The molecule has 0 amide bonds. The highest BCUT2D eigenvalue weighted by atomic mass is 32.2. The number of nitrogens with zero attached hydrogens (tertiary/aromatic N) is 1. The zero-order chi connectivity index (χ0) is 19.2. The summed E-state index contributed by atoms with van der Waals surface area (Å²) >= 11 is 0. The summed E-state index contributed by atoms with van der Waals surface area (Å²) in [6.07, 6.45) is 2.29. The van der Waals surface area contributed by atoms with Crippen molar-refractivity contribution in [1.29, 1.82) is 0 Å². The number of sulfonamides is 2. The van der Waals surface area contributed by atoms with Crippen LogP contribution in [0.4, 0.5) is 0 Å². The third-order valence-corrected chi connectivity index (χ3v) is 7.44. The maximum Gasteiger partial charge on any atom is 0.243 e. The highest BCUT2D eigenvalue weighted by Gasteiger charge is 2.27. The molecule has 9 heteroatoms. The summed E-state index contributed by atoms with van der Waals surface area (Å²) in [4.78, 5) is 0.182. The minimum Gasteiger partial charge on any atom is -0.381 e. The van der Waals surface area contributed by atoms with Crippen LogP contribution in [-0.2, 0) is 24.8 Å². The second kappa shape index (κ2) is 9.27. The van der Waals surface area contributed by atoms with Crippen molar-refractivity contribution in [2.45, 2.75) is 42.9 Å². The molecule has 0 aliphatic carbocycles. The van der Waals surface area contributed by atoms with Gasteiger partial charge in [-0.1, -0.05) is 13.8 Å². The van der Waals surface area contributed by atoms with Gasteiger partial charge < -0.3 is 4.74 Å². The van der Waals surface area contributed by atoms with Gasteiger partial charge in [0.25, 0.3) is 0 Å². The van der Waals surface area contributed by atoms with Gasteiger partial charge in [-0.3, -0.25) is 0 Å². The van der Waals surface area contributed by atoms with Crippen molar-refractivity contribution in [1.82, 2.24) is 9.03 Å². The normalized spacial score (nSPS) is 16.4. The Bertz CT molecular complexity index is 768. The quantitative estimate of drug-likeness (QED) is 0.601. The molecule has 0 unspecified atom stereocenters. The fourth-order valence-electron chi connectivity index (χ4n) is 2.65. The van der Waals surface area contributed by atoms with Crippen LogP contribution in [0.2, 0.25) is 0 Å². The van der Waals surface area contributed by atoms with Gasteiger partial charge in [-0.2, -0.15) is 4.31 Å². The molecule has 148 valence electrons. The van der Waals surface area contributed by atoms with Gasteiger partial charge in [0.15, 0.2) is 0 Å². The lowest BCUT2D eigenvalue weighted by molar-refractivity contribution is 0.108. The first-order valence-electron chi connectivity index (χ1n) is 8.91. The van der Waals surface area contributed by atoms with Crippen LogP contribution in [0, 0.1) is 5.92 Å². The maximum atomic E-state index is 12.5. The number of nitrogens with one attached hydrogen (secondary N) is 1. The van der Waals surface area contributed by atoms with E-state index in [4.69, 9.17) is 4.74 Å². The molecule has 1 saturated heterocycles. The van der Waals surface area contributed by atoms with Gasteiger partial charge in [0.1, 0.15) is 0 Å². The monoisotopic (exact) mass is 404 g/mol. The summed E-state index contributed by atoms with van der Waals surface area (Å²) in [7, 11) is -7.19. The molecule has 1 aromatic carbocycles. The van der Waals surface area contributed by atoms with Crippen molar-refractivity contribution in [3.8, 4) is 0 Å². The third-order valence-electron chi connectivity index (χ3n) is 4.05. The minimum atomic E-state index is -3.66. The van der Waals surface area contributed by atoms with Gasteiger partial charge in [-0.05, 0) is 49.4 Å². The molecule has 1 N–H and O–H groups in total. The zero-order valence-electron chi connectivity index (χ0n) is 15.3. The van der Waals surface area contributed by atoms with Gasteiger partial charge >= 0.3 is 0 Å². The Morgan fingerprint density at radius 3 is 2.19 bits per heavy atom. The van der Waals surface area contributed by atoms with E-state index >= 15 is 0 Å². The van der Waals surface area contributed by atoms with Crippen LogP contribution in [0.15, 0.2) is 34.1 Å². The first-order valence-corrected chi connectivity index (χ1v) is 11.8. The molecule has 26 heavy (non-hydrogen) atoms. The Morgan fingerprint density at radius 1 is 1.04 bits per heavy atom. The van der Waals surface area contributed by atoms with Gasteiger partial charge in [0.2, 0.25) is 20.0 Å². The molecule has 0 bridgehead atoms. The largest absolute Gasteiger partial charge is 0.381 e. The van der Waals surface area contributed by atoms with Crippen molar-refractivity contribution in [2.75, 3.05) is 32.8 Å². The molecule has 1 heterocycles. The van der Waals surface area contributed by atoms with E-state index < -0.39 is 20.0 Å². The molecule has 0 aromatic heterocycles. The Morgan fingerprint density at radius 2 is 1.62 bits per heavy atom. The Balaban J connectivity index is 1.92. The van der Waals surface area contributed by atoms with Crippen LogP contribution in [0.5, 0.6) is 0 Å². The molecule has 0 spiro atoms. The molecule has 1 aromatic rings. The molecule has 1 fully saturated rings. The number of hydrogen-bond donors (Lipinski definition) is 1. The molecule has 0 radical (unpaired) electrons. The van der Waals surface area contributed by atoms with Gasteiger partial charge in [-0.25, -0.2) is 21.6 Å². The lowest BCUT2D eigenvalue weighted by Gasteiger charge is -2.15. The number of hydrogen-bond acceptors (Lipinski definition) is 5. The molecular formula is C17H28N2O5S2. The van der Waals surface area contributed by atoms with Crippen LogP contribution in [0.1, 0.15) is 33.1 Å². The number of ether oxygens (including phenoxy) is 1. The first-order chi connectivity index (χ1) is 12.2. The summed E-state index contributed by atoms with van der Waals surface area (Å²) < 4.78 is 58.8. The maximum absolute atomic E-state index is 12.5.